The predicted octanol–water partition coefficient (Wildman–Crippen LogP) is 2.43. The van der Waals surface area contributed by atoms with Crippen molar-refractivity contribution < 1.29 is 13.9 Å². The molecule has 6 heteroatoms. The van der Waals surface area contributed by atoms with Gasteiger partial charge < -0.3 is 9.94 Å². The minimum Gasteiger partial charge on any atom is -0.710 e. The van der Waals surface area contributed by atoms with Crippen molar-refractivity contribution in [1.29, 1.82) is 0 Å². The summed E-state index contributed by atoms with van der Waals surface area (Å²) in [4.78, 5) is 0. The zero-order chi connectivity index (χ0) is 15.5. The van der Waals surface area contributed by atoms with E-state index in [0.717, 1.165) is 17.6 Å². The van der Waals surface area contributed by atoms with Crippen molar-refractivity contribution in [3.8, 4) is 11.4 Å². The van der Waals surface area contributed by atoms with Gasteiger partial charge in [-0.1, -0.05) is 0 Å². The Kier molecular flexibility index (Phi) is 2.75. The third kappa shape index (κ3) is 1.76. The second-order valence-corrected chi connectivity index (χ2v) is 6.26. The molecule has 22 heavy (non-hydrogen) atoms. The monoisotopic (exact) mass is 301 g/mol. The molecule has 0 radical (unpaired) electrons. The van der Waals surface area contributed by atoms with E-state index in [9.17, 15) is 9.60 Å². The maximum Gasteiger partial charge on any atom is 0.361 e. The SMILES string of the molecule is CC1OC2(C)CCC1c1c2nnc(-c2ccc(F)cc2)[n+]1[O-]. The average Bonchev–Trinajstić information content (AvgIpc) is 2.49. The van der Waals surface area contributed by atoms with E-state index in [1.54, 1.807) is 12.1 Å². The molecule has 0 saturated carbocycles. The van der Waals surface area contributed by atoms with E-state index in [4.69, 9.17) is 4.74 Å². The fourth-order valence-corrected chi connectivity index (χ4v) is 3.63. The molecule has 0 amide bonds. The maximum atomic E-state index is 13.1. The fourth-order valence-electron chi connectivity index (χ4n) is 3.63. The minimum atomic E-state index is -0.538. The lowest BCUT2D eigenvalue weighted by Gasteiger charge is -2.46. The van der Waals surface area contributed by atoms with Gasteiger partial charge in [-0.25, -0.2) is 9.12 Å². The number of hydrogen-bond donors (Lipinski definition) is 0. The molecule has 0 N–H and O–H groups in total. The summed E-state index contributed by atoms with van der Waals surface area (Å²) in [6, 6.07) is 5.72. The molecule has 3 unspecified atom stereocenters. The Labute approximate surface area is 127 Å². The molecule has 2 aliphatic heterocycles. The molecule has 1 saturated heterocycles. The third-order valence-electron chi connectivity index (χ3n) is 4.80. The largest absolute Gasteiger partial charge is 0.710 e. The summed E-state index contributed by atoms with van der Waals surface area (Å²) in [5, 5.41) is 21.2. The molecule has 114 valence electrons. The van der Waals surface area contributed by atoms with Crippen LogP contribution in [0.2, 0.25) is 0 Å². The van der Waals surface area contributed by atoms with Gasteiger partial charge >= 0.3 is 5.82 Å². The summed E-state index contributed by atoms with van der Waals surface area (Å²) in [7, 11) is 0. The smallest absolute Gasteiger partial charge is 0.361 e. The Morgan fingerprint density at radius 1 is 1.32 bits per heavy atom. The van der Waals surface area contributed by atoms with Crippen LogP contribution < -0.4 is 4.73 Å². The highest BCUT2D eigenvalue weighted by atomic mass is 19.1. The molecule has 1 aromatic heterocycles. The van der Waals surface area contributed by atoms with E-state index < -0.39 is 5.60 Å². The molecular formula is C16H16FN3O2. The van der Waals surface area contributed by atoms with E-state index in [1.807, 2.05) is 13.8 Å². The van der Waals surface area contributed by atoms with Crippen LogP contribution in [0.15, 0.2) is 24.3 Å². The number of rotatable bonds is 1. The van der Waals surface area contributed by atoms with E-state index in [-0.39, 0.29) is 23.7 Å². The first-order valence-corrected chi connectivity index (χ1v) is 7.44. The van der Waals surface area contributed by atoms with Crippen LogP contribution >= 0.6 is 0 Å². The molecule has 1 fully saturated rings. The number of nitrogens with zero attached hydrogens (tertiary/aromatic N) is 3. The van der Waals surface area contributed by atoms with Crippen LogP contribution in [0.1, 0.15) is 44.0 Å². The van der Waals surface area contributed by atoms with E-state index in [1.165, 1.54) is 12.1 Å². The zero-order valence-electron chi connectivity index (χ0n) is 12.4. The van der Waals surface area contributed by atoms with Crippen LogP contribution in [0.4, 0.5) is 4.39 Å². The normalized spacial score (nSPS) is 29.4. The molecule has 1 aliphatic carbocycles. The minimum absolute atomic E-state index is 0.0169. The number of fused-ring (bicyclic) bond motifs is 2. The lowest BCUT2D eigenvalue weighted by Crippen LogP contribution is -2.53. The highest BCUT2D eigenvalue weighted by molar-refractivity contribution is 5.51. The molecule has 3 heterocycles. The van der Waals surface area contributed by atoms with Gasteiger partial charge in [-0.05, 0) is 56.1 Å². The summed E-state index contributed by atoms with van der Waals surface area (Å²) in [5.41, 5.74) is 1.32. The van der Waals surface area contributed by atoms with Crippen molar-refractivity contribution in [1.82, 2.24) is 10.2 Å². The third-order valence-corrected chi connectivity index (χ3v) is 4.80. The average molecular weight is 301 g/mol. The van der Waals surface area contributed by atoms with Crippen molar-refractivity contribution in [3.63, 3.8) is 0 Å². The summed E-state index contributed by atoms with van der Waals surface area (Å²) < 4.78 is 19.9. The Morgan fingerprint density at radius 2 is 2.05 bits per heavy atom. The van der Waals surface area contributed by atoms with E-state index >= 15 is 0 Å². The van der Waals surface area contributed by atoms with Gasteiger partial charge in [0, 0.05) is 5.92 Å². The van der Waals surface area contributed by atoms with Gasteiger partial charge in [-0.15, -0.1) is 0 Å². The van der Waals surface area contributed by atoms with Gasteiger partial charge in [0.15, 0.2) is 5.69 Å². The Bertz CT molecular complexity index is 750. The van der Waals surface area contributed by atoms with Gasteiger partial charge in [0.1, 0.15) is 17.1 Å². The molecule has 3 atom stereocenters. The first kappa shape index (κ1) is 13.6. The molecule has 2 bridgehead atoms. The highest BCUT2D eigenvalue weighted by Gasteiger charge is 2.51. The molecule has 5 nitrogen and oxygen atoms in total. The van der Waals surface area contributed by atoms with Crippen molar-refractivity contribution >= 4 is 0 Å². The molecule has 2 aromatic rings. The topological polar surface area (TPSA) is 62.0 Å². The van der Waals surface area contributed by atoms with Gasteiger partial charge in [0.05, 0.1) is 16.8 Å². The number of hydrogen-bond acceptors (Lipinski definition) is 4. The van der Waals surface area contributed by atoms with Crippen LogP contribution in [-0.4, -0.2) is 16.3 Å². The Morgan fingerprint density at radius 3 is 2.73 bits per heavy atom. The molecule has 0 spiro atoms. The standard InChI is InChI=1S/C16H16FN3O2/c1-9-12-7-8-16(2,22-9)14-13(12)20(21)15(19-18-14)10-3-5-11(17)6-4-10/h3-6,9,12H,7-8H2,1-2H3. The van der Waals surface area contributed by atoms with Crippen molar-refractivity contribution in [2.24, 2.45) is 0 Å². The molecule has 3 aliphatic rings. The predicted molar refractivity (Wildman–Crippen MR) is 76.3 cm³/mol. The van der Waals surface area contributed by atoms with Crippen LogP contribution in [0, 0.1) is 11.0 Å². The van der Waals surface area contributed by atoms with Crippen molar-refractivity contribution in [2.45, 2.75) is 44.3 Å². The second-order valence-electron chi connectivity index (χ2n) is 6.26. The molecular weight excluding hydrogens is 285 g/mol. The van der Waals surface area contributed by atoms with Crippen LogP contribution in [0.3, 0.4) is 0 Å². The van der Waals surface area contributed by atoms with Gasteiger partial charge in [-0.3, -0.25) is 0 Å². The van der Waals surface area contributed by atoms with Crippen LogP contribution in [0.25, 0.3) is 11.4 Å². The summed E-state index contributed by atoms with van der Waals surface area (Å²) in [5.74, 6) is -0.105. The second kappa shape index (κ2) is 4.46. The quantitative estimate of drug-likeness (QED) is 0.599. The number of benzene rings is 1. The lowest BCUT2D eigenvalue weighted by molar-refractivity contribution is -0.612. The van der Waals surface area contributed by atoms with Gasteiger partial charge in [-0.2, -0.15) is 0 Å². The summed E-state index contributed by atoms with van der Waals surface area (Å²) >= 11 is 0. The van der Waals surface area contributed by atoms with Gasteiger partial charge in [0.25, 0.3) is 0 Å². The van der Waals surface area contributed by atoms with Gasteiger partial charge in [0.2, 0.25) is 0 Å². The van der Waals surface area contributed by atoms with Crippen molar-refractivity contribution in [3.05, 3.63) is 46.7 Å². The zero-order valence-corrected chi connectivity index (χ0v) is 12.4. The maximum absolute atomic E-state index is 13.1. The summed E-state index contributed by atoms with van der Waals surface area (Å²) in [6.45, 7) is 3.95. The Hall–Kier alpha value is -2.08. The molecule has 5 rings (SSSR count). The number of aromatic nitrogens is 3. The Balaban J connectivity index is 1.91. The van der Waals surface area contributed by atoms with Crippen molar-refractivity contribution in [2.75, 3.05) is 0 Å². The fraction of sp³-hybridized carbons (Fsp3) is 0.438. The van der Waals surface area contributed by atoms with E-state index in [2.05, 4.69) is 10.2 Å². The van der Waals surface area contributed by atoms with Crippen LogP contribution in [-0.2, 0) is 10.3 Å². The number of halogens is 1. The summed E-state index contributed by atoms with van der Waals surface area (Å²) in [6.07, 6.45) is 1.73. The molecule has 1 aromatic carbocycles. The van der Waals surface area contributed by atoms with Crippen LogP contribution in [0.5, 0.6) is 0 Å². The first-order chi connectivity index (χ1) is 10.5. The first-order valence-electron chi connectivity index (χ1n) is 7.44. The highest BCUT2D eigenvalue weighted by Crippen LogP contribution is 2.49. The van der Waals surface area contributed by atoms with E-state index in [0.29, 0.717) is 17.0 Å². The number of ether oxygens (including phenoxy) is 1. The lowest BCUT2D eigenvalue weighted by atomic mass is 9.74.